The summed E-state index contributed by atoms with van der Waals surface area (Å²) in [5, 5.41) is 8.52. The Bertz CT molecular complexity index is 331. The summed E-state index contributed by atoms with van der Waals surface area (Å²) in [5.41, 5.74) is 5.21. The molecule has 0 radical (unpaired) electrons. The van der Waals surface area contributed by atoms with Gasteiger partial charge in [0, 0.05) is 6.42 Å². The first-order valence-electron chi connectivity index (χ1n) is 3.78. The number of carbonyl (C=O) groups is 2. The lowest BCUT2D eigenvalue weighted by Gasteiger charge is -2.00. The third-order valence-corrected chi connectivity index (χ3v) is 1.49. The maximum Gasteiger partial charge on any atom is 0.254 e. The van der Waals surface area contributed by atoms with Crippen LogP contribution >= 0.6 is 0 Å². The molecule has 0 unspecified atom stereocenters. The van der Waals surface area contributed by atoms with E-state index in [1.807, 2.05) is 0 Å². The molecule has 0 atom stereocenters. The standard InChI is InChI=1S/C7H10N4O2/c1-2-5(12)10-7-4(6(8)13)3-9-11-7/h3H,2H2,1H3,(H2,8,13)(H2,9,10,11,12). The Kier molecular flexibility index (Phi) is 2.63. The minimum absolute atomic E-state index is 0.182. The molecule has 1 rings (SSSR count). The predicted octanol–water partition coefficient (Wildman–Crippen LogP) is -0.143. The van der Waals surface area contributed by atoms with Gasteiger partial charge in [-0.15, -0.1) is 0 Å². The fraction of sp³-hybridized carbons (Fsp3) is 0.286. The van der Waals surface area contributed by atoms with Crippen molar-refractivity contribution in [1.29, 1.82) is 0 Å². The number of nitrogens with zero attached hydrogens (tertiary/aromatic N) is 1. The number of rotatable bonds is 3. The van der Waals surface area contributed by atoms with Gasteiger partial charge < -0.3 is 11.1 Å². The molecule has 1 aromatic heterocycles. The molecule has 1 heterocycles. The van der Waals surface area contributed by atoms with Gasteiger partial charge >= 0.3 is 0 Å². The number of anilines is 1. The van der Waals surface area contributed by atoms with Gasteiger partial charge in [0.15, 0.2) is 0 Å². The summed E-state index contributed by atoms with van der Waals surface area (Å²) in [7, 11) is 0. The molecule has 0 aliphatic heterocycles. The molecule has 0 aliphatic carbocycles. The van der Waals surface area contributed by atoms with Gasteiger partial charge in [0.05, 0.1) is 6.20 Å². The van der Waals surface area contributed by atoms with Crippen LogP contribution in [0.15, 0.2) is 6.20 Å². The normalized spacial score (nSPS) is 9.62. The molecule has 0 aliphatic rings. The number of carbonyl (C=O) groups excluding carboxylic acids is 2. The number of amides is 2. The highest BCUT2D eigenvalue weighted by molar-refractivity contribution is 6.01. The number of hydrogen-bond acceptors (Lipinski definition) is 3. The van der Waals surface area contributed by atoms with Crippen molar-refractivity contribution in [1.82, 2.24) is 10.2 Å². The third kappa shape index (κ3) is 2.05. The molecule has 6 nitrogen and oxygen atoms in total. The molecular weight excluding hydrogens is 172 g/mol. The number of H-pyrrole nitrogens is 1. The minimum Gasteiger partial charge on any atom is -0.365 e. The first kappa shape index (κ1) is 9.24. The van der Waals surface area contributed by atoms with Crippen molar-refractivity contribution < 1.29 is 9.59 Å². The van der Waals surface area contributed by atoms with Gasteiger partial charge in [-0.05, 0) is 0 Å². The average molecular weight is 182 g/mol. The first-order valence-corrected chi connectivity index (χ1v) is 3.78. The lowest BCUT2D eigenvalue weighted by molar-refractivity contribution is -0.115. The molecule has 0 aromatic carbocycles. The molecule has 0 saturated carbocycles. The number of aromatic nitrogens is 2. The van der Waals surface area contributed by atoms with Gasteiger partial charge in [-0.3, -0.25) is 14.7 Å². The maximum atomic E-state index is 10.9. The van der Waals surface area contributed by atoms with Gasteiger partial charge in [-0.1, -0.05) is 6.92 Å². The molecule has 0 saturated heterocycles. The second-order valence-electron chi connectivity index (χ2n) is 2.42. The first-order chi connectivity index (χ1) is 6.15. The number of hydrogen-bond donors (Lipinski definition) is 3. The van der Waals surface area contributed by atoms with Crippen LogP contribution in [0, 0.1) is 0 Å². The SMILES string of the molecule is CCC(=O)Nc1[nH]ncc1C(N)=O. The molecule has 0 bridgehead atoms. The van der Waals surface area contributed by atoms with Gasteiger partial charge in [0.25, 0.3) is 5.91 Å². The van der Waals surface area contributed by atoms with E-state index in [1.165, 1.54) is 6.20 Å². The van der Waals surface area contributed by atoms with Gasteiger partial charge in [0.1, 0.15) is 11.4 Å². The lowest BCUT2D eigenvalue weighted by Crippen LogP contribution is -2.16. The van der Waals surface area contributed by atoms with Crippen molar-refractivity contribution in [3.8, 4) is 0 Å². The van der Waals surface area contributed by atoms with Gasteiger partial charge in [0.2, 0.25) is 5.91 Å². The second-order valence-corrected chi connectivity index (χ2v) is 2.42. The minimum atomic E-state index is -0.625. The summed E-state index contributed by atoms with van der Waals surface area (Å²) >= 11 is 0. The van der Waals surface area contributed by atoms with Crippen molar-refractivity contribution in [3.05, 3.63) is 11.8 Å². The molecular formula is C7H10N4O2. The van der Waals surface area contributed by atoms with Crippen LogP contribution in [0.4, 0.5) is 5.82 Å². The van der Waals surface area contributed by atoms with Crippen molar-refractivity contribution in [3.63, 3.8) is 0 Å². The highest BCUT2D eigenvalue weighted by Crippen LogP contribution is 2.09. The molecule has 1 aromatic rings. The highest BCUT2D eigenvalue weighted by atomic mass is 16.2. The number of primary amides is 1. The van der Waals surface area contributed by atoms with Crippen LogP contribution in [0.5, 0.6) is 0 Å². The lowest BCUT2D eigenvalue weighted by atomic mass is 10.3. The van der Waals surface area contributed by atoms with Gasteiger partial charge in [-0.25, -0.2) is 0 Å². The van der Waals surface area contributed by atoms with Crippen LogP contribution in [-0.4, -0.2) is 22.0 Å². The van der Waals surface area contributed by atoms with E-state index in [-0.39, 0.29) is 17.3 Å². The molecule has 70 valence electrons. The number of nitrogens with one attached hydrogen (secondary N) is 2. The van der Waals surface area contributed by atoms with Crippen LogP contribution < -0.4 is 11.1 Å². The Hall–Kier alpha value is -1.85. The van der Waals surface area contributed by atoms with Crippen molar-refractivity contribution in [2.24, 2.45) is 5.73 Å². The van der Waals surface area contributed by atoms with Crippen LogP contribution in [0.2, 0.25) is 0 Å². The Morgan fingerprint density at radius 1 is 1.69 bits per heavy atom. The Labute approximate surface area is 74.5 Å². The van der Waals surface area contributed by atoms with E-state index in [9.17, 15) is 9.59 Å². The van der Waals surface area contributed by atoms with Crippen molar-refractivity contribution in [2.75, 3.05) is 5.32 Å². The Morgan fingerprint density at radius 2 is 2.38 bits per heavy atom. The molecule has 13 heavy (non-hydrogen) atoms. The summed E-state index contributed by atoms with van der Waals surface area (Å²) < 4.78 is 0. The molecule has 6 heteroatoms. The molecule has 0 spiro atoms. The predicted molar refractivity (Wildman–Crippen MR) is 46.0 cm³/mol. The van der Waals surface area contributed by atoms with Crippen LogP contribution in [0.25, 0.3) is 0 Å². The van der Waals surface area contributed by atoms with E-state index >= 15 is 0 Å². The van der Waals surface area contributed by atoms with E-state index in [1.54, 1.807) is 6.92 Å². The largest absolute Gasteiger partial charge is 0.365 e. The van der Waals surface area contributed by atoms with E-state index in [0.29, 0.717) is 6.42 Å². The molecule has 2 amide bonds. The van der Waals surface area contributed by atoms with E-state index in [0.717, 1.165) is 0 Å². The molecule has 0 fully saturated rings. The monoisotopic (exact) mass is 182 g/mol. The van der Waals surface area contributed by atoms with Crippen molar-refractivity contribution >= 4 is 17.6 Å². The Balaban J connectivity index is 2.82. The zero-order valence-electron chi connectivity index (χ0n) is 7.13. The quantitative estimate of drug-likeness (QED) is 0.606. The fourth-order valence-electron chi connectivity index (χ4n) is 0.796. The van der Waals surface area contributed by atoms with E-state index in [4.69, 9.17) is 5.73 Å². The maximum absolute atomic E-state index is 10.9. The van der Waals surface area contributed by atoms with Crippen molar-refractivity contribution in [2.45, 2.75) is 13.3 Å². The fourth-order valence-corrected chi connectivity index (χ4v) is 0.796. The number of nitrogens with two attached hydrogens (primary N) is 1. The topological polar surface area (TPSA) is 101 Å². The molecule has 4 N–H and O–H groups in total. The highest BCUT2D eigenvalue weighted by Gasteiger charge is 2.11. The summed E-state index contributed by atoms with van der Waals surface area (Å²) in [5.74, 6) is -0.578. The Morgan fingerprint density at radius 3 is 2.92 bits per heavy atom. The zero-order chi connectivity index (χ0) is 9.84. The summed E-state index contributed by atoms with van der Waals surface area (Å²) in [4.78, 5) is 21.7. The summed E-state index contributed by atoms with van der Waals surface area (Å²) in [6, 6.07) is 0. The average Bonchev–Trinajstić information content (AvgIpc) is 2.52. The smallest absolute Gasteiger partial charge is 0.254 e. The number of aromatic amines is 1. The summed E-state index contributed by atoms with van der Waals surface area (Å²) in [6.07, 6.45) is 1.60. The zero-order valence-corrected chi connectivity index (χ0v) is 7.13. The summed E-state index contributed by atoms with van der Waals surface area (Å²) in [6.45, 7) is 1.70. The van der Waals surface area contributed by atoms with E-state index in [2.05, 4.69) is 15.5 Å². The van der Waals surface area contributed by atoms with Gasteiger partial charge in [-0.2, -0.15) is 5.10 Å². The third-order valence-electron chi connectivity index (χ3n) is 1.49. The van der Waals surface area contributed by atoms with Crippen LogP contribution in [-0.2, 0) is 4.79 Å². The van der Waals surface area contributed by atoms with E-state index < -0.39 is 5.91 Å². The van der Waals surface area contributed by atoms with Crippen LogP contribution in [0.3, 0.4) is 0 Å². The van der Waals surface area contributed by atoms with Crippen LogP contribution in [0.1, 0.15) is 23.7 Å². The second kappa shape index (κ2) is 3.70.